The second-order valence-corrected chi connectivity index (χ2v) is 7.48. The first kappa shape index (κ1) is 19.8. The number of rotatable bonds is 5. The van der Waals surface area contributed by atoms with Crippen LogP contribution in [0.1, 0.15) is 43.1 Å². The zero-order valence-electron chi connectivity index (χ0n) is 16.7. The van der Waals surface area contributed by atoms with E-state index in [0.717, 1.165) is 25.7 Å². The molecular formula is C23H23N3O4. The molecule has 1 aliphatic carbocycles. The zero-order valence-corrected chi connectivity index (χ0v) is 16.7. The average molecular weight is 405 g/mol. The molecule has 1 fully saturated rings. The summed E-state index contributed by atoms with van der Waals surface area (Å²) in [4.78, 5) is 38.2. The molecule has 1 heterocycles. The highest BCUT2D eigenvalue weighted by Crippen LogP contribution is 2.19. The van der Waals surface area contributed by atoms with Crippen molar-refractivity contribution in [2.24, 2.45) is 0 Å². The molecule has 2 aromatic carbocycles. The Hall–Kier alpha value is -3.48. The molecule has 1 N–H and O–H groups in total. The quantitative estimate of drug-likeness (QED) is 0.659. The van der Waals surface area contributed by atoms with Gasteiger partial charge in [-0.25, -0.2) is 4.79 Å². The van der Waals surface area contributed by atoms with Crippen molar-refractivity contribution in [3.63, 3.8) is 0 Å². The summed E-state index contributed by atoms with van der Waals surface area (Å²) in [5.41, 5.74) is 0.198. The SMILES string of the molecule is C[C@H](OC(=O)c1nn(-c2ccccc2)c(=O)c2ccccc12)C(=O)NC1CCCC1. The molecule has 7 heteroatoms. The van der Waals surface area contributed by atoms with Gasteiger partial charge in [-0.2, -0.15) is 9.78 Å². The van der Waals surface area contributed by atoms with Crippen LogP contribution in [0.2, 0.25) is 0 Å². The van der Waals surface area contributed by atoms with Crippen molar-refractivity contribution in [3.05, 3.63) is 70.6 Å². The fourth-order valence-electron chi connectivity index (χ4n) is 3.74. The third-order valence-electron chi connectivity index (χ3n) is 5.35. The van der Waals surface area contributed by atoms with Crippen LogP contribution in [0, 0.1) is 0 Å². The summed E-state index contributed by atoms with van der Waals surface area (Å²) in [6.07, 6.45) is 3.11. The lowest BCUT2D eigenvalue weighted by molar-refractivity contribution is -0.129. The molecular weight excluding hydrogens is 382 g/mol. The number of ether oxygens (including phenoxy) is 1. The van der Waals surface area contributed by atoms with Gasteiger partial charge < -0.3 is 10.1 Å². The number of fused-ring (bicyclic) bond motifs is 1. The first-order chi connectivity index (χ1) is 14.5. The molecule has 0 unspecified atom stereocenters. The van der Waals surface area contributed by atoms with Gasteiger partial charge in [-0.15, -0.1) is 0 Å². The van der Waals surface area contributed by atoms with E-state index >= 15 is 0 Å². The number of carbonyl (C=O) groups is 2. The highest BCUT2D eigenvalue weighted by Gasteiger charge is 2.26. The number of hydrogen-bond acceptors (Lipinski definition) is 5. The molecule has 0 bridgehead atoms. The molecule has 4 rings (SSSR count). The van der Waals surface area contributed by atoms with Gasteiger partial charge in [0.1, 0.15) is 0 Å². The van der Waals surface area contributed by atoms with E-state index in [1.54, 1.807) is 48.5 Å². The van der Waals surface area contributed by atoms with E-state index in [0.29, 0.717) is 16.5 Å². The van der Waals surface area contributed by atoms with Gasteiger partial charge in [-0.1, -0.05) is 49.2 Å². The summed E-state index contributed by atoms with van der Waals surface area (Å²) < 4.78 is 6.60. The predicted molar refractivity (Wildman–Crippen MR) is 113 cm³/mol. The Bertz CT molecular complexity index is 1130. The van der Waals surface area contributed by atoms with Crippen molar-refractivity contribution in [2.45, 2.75) is 44.8 Å². The number of nitrogens with one attached hydrogen (secondary N) is 1. The Labute approximate surface area is 173 Å². The largest absolute Gasteiger partial charge is 0.448 e. The molecule has 1 aliphatic rings. The standard InChI is InChI=1S/C23H23N3O4/c1-15(21(27)24-16-9-5-6-10-16)30-23(29)20-18-13-7-8-14-19(18)22(28)26(25-20)17-11-3-2-4-12-17/h2-4,7-8,11-16H,5-6,9-10H2,1H3,(H,24,27)/t15-/m0/s1. The van der Waals surface area contributed by atoms with Crippen molar-refractivity contribution in [2.75, 3.05) is 0 Å². The van der Waals surface area contributed by atoms with E-state index < -0.39 is 12.1 Å². The van der Waals surface area contributed by atoms with Gasteiger partial charge in [-0.3, -0.25) is 9.59 Å². The van der Waals surface area contributed by atoms with Crippen LogP contribution in [0.25, 0.3) is 16.5 Å². The van der Waals surface area contributed by atoms with Crippen LogP contribution >= 0.6 is 0 Å². The highest BCUT2D eigenvalue weighted by atomic mass is 16.5. The van der Waals surface area contributed by atoms with Crippen molar-refractivity contribution in [3.8, 4) is 5.69 Å². The Morgan fingerprint density at radius 3 is 2.37 bits per heavy atom. The number of benzene rings is 2. The maximum atomic E-state index is 12.9. The monoisotopic (exact) mass is 405 g/mol. The van der Waals surface area contributed by atoms with Gasteiger partial charge in [0.2, 0.25) is 0 Å². The second kappa shape index (κ2) is 8.49. The number of nitrogens with zero attached hydrogens (tertiary/aromatic N) is 2. The Balaban J connectivity index is 1.65. The van der Waals surface area contributed by atoms with E-state index in [4.69, 9.17) is 4.74 Å². The van der Waals surface area contributed by atoms with Crippen molar-refractivity contribution < 1.29 is 14.3 Å². The van der Waals surface area contributed by atoms with Gasteiger partial charge in [0, 0.05) is 11.4 Å². The fraction of sp³-hybridized carbons (Fsp3) is 0.304. The molecule has 1 aromatic heterocycles. The van der Waals surface area contributed by atoms with Gasteiger partial charge in [-0.05, 0) is 38.0 Å². The second-order valence-electron chi connectivity index (χ2n) is 7.48. The third kappa shape index (κ3) is 3.96. The smallest absolute Gasteiger partial charge is 0.360 e. The summed E-state index contributed by atoms with van der Waals surface area (Å²) in [5.74, 6) is -1.07. The number of hydrogen-bond donors (Lipinski definition) is 1. The van der Waals surface area contributed by atoms with Crippen LogP contribution in [0.5, 0.6) is 0 Å². The minimum atomic E-state index is -0.962. The number of carbonyl (C=O) groups excluding carboxylic acids is 2. The van der Waals surface area contributed by atoms with Crippen LogP contribution in [0.15, 0.2) is 59.4 Å². The fourth-order valence-corrected chi connectivity index (χ4v) is 3.74. The summed E-state index contributed by atoms with van der Waals surface area (Å²) >= 11 is 0. The van der Waals surface area contributed by atoms with Crippen molar-refractivity contribution >= 4 is 22.6 Å². The minimum absolute atomic E-state index is 0.00503. The maximum absolute atomic E-state index is 12.9. The van der Waals surface area contributed by atoms with Crippen LogP contribution in [-0.4, -0.2) is 33.8 Å². The van der Waals surface area contributed by atoms with Gasteiger partial charge in [0.25, 0.3) is 11.5 Å². The van der Waals surface area contributed by atoms with Crippen LogP contribution in [0.3, 0.4) is 0 Å². The Morgan fingerprint density at radius 1 is 1.03 bits per heavy atom. The van der Waals surface area contributed by atoms with E-state index in [-0.39, 0.29) is 23.2 Å². The van der Waals surface area contributed by atoms with E-state index in [2.05, 4.69) is 10.4 Å². The summed E-state index contributed by atoms with van der Waals surface area (Å²) in [7, 11) is 0. The minimum Gasteiger partial charge on any atom is -0.448 e. The van der Waals surface area contributed by atoms with Crippen LogP contribution < -0.4 is 10.9 Å². The van der Waals surface area contributed by atoms with E-state index in [1.807, 2.05) is 6.07 Å². The number of para-hydroxylation sites is 1. The molecule has 30 heavy (non-hydrogen) atoms. The van der Waals surface area contributed by atoms with Crippen LogP contribution in [0.4, 0.5) is 0 Å². The predicted octanol–water partition coefficient (Wildman–Crippen LogP) is 2.99. The third-order valence-corrected chi connectivity index (χ3v) is 5.35. The molecule has 0 aliphatic heterocycles. The molecule has 7 nitrogen and oxygen atoms in total. The maximum Gasteiger partial charge on any atom is 0.360 e. The molecule has 1 saturated carbocycles. The lowest BCUT2D eigenvalue weighted by atomic mass is 10.1. The Kier molecular flexibility index (Phi) is 5.61. The lowest BCUT2D eigenvalue weighted by Crippen LogP contribution is -2.41. The van der Waals surface area contributed by atoms with Crippen molar-refractivity contribution in [1.29, 1.82) is 0 Å². The Morgan fingerprint density at radius 2 is 1.67 bits per heavy atom. The van der Waals surface area contributed by atoms with E-state index in [1.165, 1.54) is 11.6 Å². The lowest BCUT2D eigenvalue weighted by Gasteiger charge is -2.17. The summed E-state index contributed by atoms with van der Waals surface area (Å²) in [6.45, 7) is 1.54. The number of aromatic nitrogens is 2. The molecule has 0 radical (unpaired) electrons. The average Bonchev–Trinajstić information content (AvgIpc) is 3.27. The molecule has 1 atom stereocenters. The van der Waals surface area contributed by atoms with Crippen molar-refractivity contribution in [1.82, 2.24) is 15.1 Å². The molecule has 0 saturated heterocycles. The van der Waals surface area contributed by atoms with E-state index in [9.17, 15) is 14.4 Å². The van der Waals surface area contributed by atoms with Gasteiger partial charge >= 0.3 is 5.97 Å². The zero-order chi connectivity index (χ0) is 21.1. The molecule has 154 valence electrons. The normalized spacial score (nSPS) is 15.1. The number of esters is 1. The number of amides is 1. The summed E-state index contributed by atoms with van der Waals surface area (Å²) in [6, 6.07) is 15.7. The first-order valence-corrected chi connectivity index (χ1v) is 10.1. The van der Waals surface area contributed by atoms with Gasteiger partial charge in [0.05, 0.1) is 11.1 Å². The van der Waals surface area contributed by atoms with Crippen LogP contribution in [-0.2, 0) is 9.53 Å². The topological polar surface area (TPSA) is 90.3 Å². The molecule has 3 aromatic rings. The van der Waals surface area contributed by atoms with Gasteiger partial charge in [0.15, 0.2) is 11.8 Å². The summed E-state index contributed by atoms with van der Waals surface area (Å²) in [5, 5.41) is 7.96. The molecule has 0 spiro atoms. The highest BCUT2D eigenvalue weighted by molar-refractivity contribution is 6.03. The molecule has 1 amide bonds. The first-order valence-electron chi connectivity index (χ1n) is 10.1.